The average molecular weight is 259 g/mol. The molecular formula is C14H17N3O2. The van der Waals surface area contributed by atoms with Crippen LogP contribution in [0, 0.1) is 0 Å². The molecule has 19 heavy (non-hydrogen) atoms. The summed E-state index contributed by atoms with van der Waals surface area (Å²) in [5, 5.41) is 3.02. The van der Waals surface area contributed by atoms with Crippen LogP contribution in [0.3, 0.4) is 0 Å². The molecule has 0 atom stereocenters. The molecule has 0 unspecified atom stereocenters. The second kappa shape index (κ2) is 6.70. The van der Waals surface area contributed by atoms with Crippen molar-refractivity contribution >= 4 is 0 Å². The van der Waals surface area contributed by atoms with E-state index in [1.54, 1.807) is 19.5 Å². The maximum absolute atomic E-state index is 5.56. The standard InChI is InChI=1S/C14H17N3O2/c1-15-7-12-8-17-14(9-16-12)19-10-11-3-5-13(18-2)6-4-11/h3-6,8-9,15H,7,10H2,1-2H3. The van der Waals surface area contributed by atoms with Crippen LogP contribution in [0.4, 0.5) is 0 Å². The molecule has 2 rings (SSSR count). The molecule has 1 heterocycles. The van der Waals surface area contributed by atoms with Gasteiger partial charge in [-0.1, -0.05) is 12.1 Å². The molecule has 0 amide bonds. The van der Waals surface area contributed by atoms with Crippen LogP contribution in [0.1, 0.15) is 11.3 Å². The molecule has 100 valence electrons. The molecular weight excluding hydrogens is 242 g/mol. The Kier molecular flexibility index (Phi) is 4.69. The van der Waals surface area contributed by atoms with E-state index < -0.39 is 0 Å². The number of aromatic nitrogens is 2. The molecule has 0 aliphatic rings. The number of hydrogen-bond acceptors (Lipinski definition) is 5. The van der Waals surface area contributed by atoms with Crippen molar-refractivity contribution in [1.29, 1.82) is 0 Å². The molecule has 0 fully saturated rings. The van der Waals surface area contributed by atoms with Gasteiger partial charge in [-0.3, -0.25) is 4.98 Å². The Hall–Kier alpha value is -2.14. The minimum Gasteiger partial charge on any atom is -0.497 e. The average Bonchev–Trinajstić information content (AvgIpc) is 2.47. The molecule has 5 nitrogen and oxygen atoms in total. The van der Waals surface area contributed by atoms with E-state index in [4.69, 9.17) is 9.47 Å². The van der Waals surface area contributed by atoms with E-state index in [1.165, 1.54) is 0 Å². The fourth-order valence-corrected chi connectivity index (χ4v) is 1.57. The van der Waals surface area contributed by atoms with E-state index in [1.807, 2.05) is 31.3 Å². The number of hydrogen-bond donors (Lipinski definition) is 1. The quantitative estimate of drug-likeness (QED) is 0.857. The van der Waals surface area contributed by atoms with E-state index >= 15 is 0 Å². The first-order valence-electron chi connectivity index (χ1n) is 6.03. The largest absolute Gasteiger partial charge is 0.497 e. The summed E-state index contributed by atoms with van der Waals surface area (Å²) in [7, 11) is 3.52. The van der Waals surface area contributed by atoms with Crippen LogP contribution in [-0.4, -0.2) is 24.1 Å². The lowest BCUT2D eigenvalue weighted by Crippen LogP contribution is -2.07. The lowest BCUT2D eigenvalue weighted by Gasteiger charge is -2.06. The fourth-order valence-electron chi connectivity index (χ4n) is 1.57. The van der Waals surface area contributed by atoms with Crippen molar-refractivity contribution in [1.82, 2.24) is 15.3 Å². The Morgan fingerprint density at radius 3 is 2.47 bits per heavy atom. The molecule has 5 heteroatoms. The van der Waals surface area contributed by atoms with Gasteiger partial charge in [0.05, 0.1) is 25.2 Å². The van der Waals surface area contributed by atoms with E-state index in [-0.39, 0.29) is 0 Å². The van der Waals surface area contributed by atoms with Crippen LogP contribution in [0.5, 0.6) is 11.6 Å². The minimum absolute atomic E-state index is 0.462. The second-order valence-corrected chi connectivity index (χ2v) is 4.01. The normalized spacial score (nSPS) is 10.2. The van der Waals surface area contributed by atoms with Crippen molar-refractivity contribution in [2.75, 3.05) is 14.2 Å². The van der Waals surface area contributed by atoms with Crippen molar-refractivity contribution in [3.05, 3.63) is 47.9 Å². The summed E-state index contributed by atoms with van der Waals surface area (Å²) in [4.78, 5) is 8.43. The summed E-state index contributed by atoms with van der Waals surface area (Å²) in [6.07, 6.45) is 3.34. The zero-order chi connectivity index (χ0) is 13.5. The molecule has 1 N–H and O–H groups in total. The lowest BCUT2D eigenvalue weighted by molar-refractivity contribution is 0.292. The van der Waals surface area contributed by atoms with Crippen molar-refractivity contribution in [3.8, 4) is 11.6 Å². The second-order valence-electron chi connectivity index (χ2n) is 4.01. The van der Waals surface area contributed by atoms with E-state index in [2.05, 4.69) is 15.3 Å². The van der Waals surface area contributed by atoms with Crippen LogP contribution in [0.2, 0.25) is 0 Å². The third kappa shape index (κ3) is 3.93. The Morgan fingerprint density at radius 2 is 1.89 bits per heavy atom. The van der Waals surface area contributed by atoms with Gasteiger partial charge in [-0.25, -0.2) is 4.98 Å². The van der Waals surface area contributed by atoms with Gasteiger partial charge in [-0.2, -0.15) is 0 Å². The number of nitrogens with one attached hydrogen (secondary N) is 1. The van der Waals surface area contributed by atoms with Gasteiger partial charge in [-0.05, 0) is 24.7 Å². The number of rotatable bonds is 6. The van der Waals surface area contributed by atoms with Crippen LogP contribution < -0.4 is 14.8 Å². The fraction of sp³-hybridized carbons (Fsp3) is 0.286. The van der Waals surface area contributed by atoms with E-state index in [0.29, 0.717) is 19.0 Å². The molecule has 0 saturated heterocycles. The van der Waals surface area contributed by atoms with Crippen LogP contribution in [0.15, 0.2) is 36.7 Å². The molecule has 0 radical (unpaired) electrons. The van der Waals surface area contributed by atoms with E-state index in [0.717, 1.165) is 17.0 Å². The van der Waals surface area contributed by atoms with Crippen LogP contribution in [-0.2, 0) is 13.2 Å². The number of benzene rings is 1. The third-order valence-corrected chi connectivity index (χ3v) is 2.59. The maximum atomic E-state index is 5.56. The van der Waals surface area contributed by atoms with Crippen LogP contribution >= 0.6 is 0 Å². The van der Waals surface area contributed by atoms with Gasteiger partial charge >= 0.3 is 0 Å². The summed E-state index contributed by atoms with van der Waals surface area (Å²) < 4.78 is 10.7. The summed E-state index contributed by atoms with van der Waals surface area (Å²) in [5.74, 6) is 1.36. The highest BCUT2D eigenvalue weighted by molar-refractivity contribution is 5.27. The van der Waals surface area contributed by atoms with Crippen LogP contribution in [0.25, 0.3) is 0 Å². The smallest absolute Gasteiger partial charge is 0.232 e. The summed E-state index contributed by atoms with van der Waals surface area (Å²) in [6, 6.07) is 7.73. The molecule has 0 spiro atoms. The van der Waals surface area contributed by atoms with Crippen molar-refractivity contribution in [2.24, 2.45) is 0 Å². The zero-order valence-corrected chi connectivity index (χ0v) is 11.1. The molecule has 2 aromatic rings. The number of nitrogens with zero attached hydrogens (tertiary/aromatic N) is 2. The highest BCUT2D eigenvalue weighted by Crippen LogP contribution is 2.13. The Labute approximate surface area is 112 Å². The van der Waals surface area contributed by atoms with Crippen molar-refractivity contribution in [3.63, 3.8) is 0 Å². The van der Waals surface area contributed by atoms with Gasteiger partial charge < -0.3 is 14.8 Å². The third-order valence-electron chi connectivity index (χ3n) is 2.59. The predicted molar refractivity (Wildman–Crippen MR) is 72.1 cm³/mol. The Bertz CT molecular complexity index is 497. The molecule has 0 aliphatic heterocycles. The molecule has 0 saturated carbocycles. The molecule has 0 bridgehead atoms. The summed E-state index contributed by atoms with van der Waals surface area (Å²) >= 11 is 0. The Morgan fingerprint density at radius 1 is 1.11 bits per heavy atom. The monoisotopic (exact) mass is 259 g/mol. The SMILES string of the molecule is CNCc1cnc(OCc2ccc(OC)cc2)cn1. The topological polar surface area (TPSA) is 56.3 Å². The molecule has 1 aromatic carbocycles. The number of ether oxygens (including phenoxy) is 2. The number of methoxy groups -OCH3 is 1. The van der Waals surface area contributed by atoms with Gasteiger partial charge in [0.15, 0.2) is 0 Å². The first kappa shape index (κ1) is 13.3. The van der Waals surface area contributed by atoms with Gasteiger partial charge in [0, 0.05) is 6.54 Å². The maximum Gasteiger partial charge on any atom is 0.232 e. The molecule has 0 aliphatic carbocycles. The molecule has 1 aromatic heterocycles. The van der Waals surface area contributed by atoms with Gasteiger partial charge in [0.25, 0.3) is 0 Å². The Balaban J connectivity index is 1.90. The first-order chi connectivity index (χ1) is 9.31. The highest BCUT2D eigenvalue weighted by Gasteiger charge is 1.99. The highest BCUT2D eigenvalue weighted by atomic mass is 16.5. The van der Waals surface area contributed by atoms with Gasteiger partial charge in [-0.15, -0.1) is 0 Å². The zero-order valence-electron chi connectivity index (χ0n) is 11.1. The predicted octanol–water partition coefficient (Wildman–Crippen LogP) is 1.78. The van der Waals surface area contributed by atoms with Crippen molar-refractivity contribution in [2.45, 2.75) is 13.2 Å². The van der Waals surface area contributed by atoms with Gasteiger partial charge in [0.2, 0.25) is 5.88 Å². The lowest BCUT2D eigenvalue weighted by atomic mass is 10.2. The summed E-state index contributed by atoms with van der Waals surface area (Å²) in [6.45, 7) is 1.16. The van der Waals surface area contributed by atoms with Crippen molar-refractivity contribution < 1.29 is 9.47 Å². The summed E-state index contributed by atoms with van der Waals surface area (Å²) in [5.41, 5.74) is 1.95. The minimum atomic E-state index is 0.462. The van der Waals surface area contributed by atoms with E-state index in [9.17, 15) is 0 Å². The first-order valence-corrected chi connectivity index (χ1v) is 6.03. The van der Waals surface area contributed by atoms with Gasteiger partial charge in [0.1, 0.15) is 12.4 Å².